The van der Waals surface area contributed by atoms with Crippen LogP contribution in [0.4, 0.5) is 0 Å². The Hall–Kier alpha value is -1.04. The monoisotopic (exact) mass is 119 g/mol. The molecule has 0 aliphatic rings. The molecule has 0 radical (unpaired) electrons. The van der Waals surface area contributed by atoms with Crippen LogP contribution >= 0.6 is 0 Å². The fraction of sp³-hybridized carbons (Fsp3) is 0.111. The quantitative estimate of drug-likeness (QED) is 0.533. The van der Waals surface area contributed by atoms with Gasteiger partial charge in [-0.25, -0.2) is 0 Å². The van der Waals surface area contributed by atoms with Crippen LogP contribution in [-0.2, 0) is 0 Å². The molecule has 1 rings (SSSR count). The summed E-state index contributed by atoms with van der Waals surface area (Å²) in [6.07, 6.45) is 1.76. The summed E-state index contributed by atoms with van der Waals surface area (Å²) in [4.78, 5) is 0. The summed E-state index contributed by atoms with van der Waals surface area (Å²) < 4.78 is 6.81. The van der Waals surface area contributed by atoms with E-state index in [2.05, 4.69) is 0 Å². The van der Waals surface area contributed by atoms with Crippen LogP contribution in [0.1, 0.15) is 12.5 Å². The van der Waals surface area contributed by atoms with Crippen molar-refractivity contribution in [2.45, 2.75) is 6.92 Å². The Morgan fingerprint density at radius 3 is 2.67 bits per heavy atom. The molecular weight excluding hydrogens is 108 g/mol. The molecule has 0 atom stereocenters. The van der Waals surface area contributed by atoms with Gasteiger partial charge in [-0.15, -0.1) is 0 Å². The number of hydrogen-bond donors (Lipinski definition) is 0. The van der Waals surface area contributed by atoms with Crippen LogP contribution in [0.2, 0.25) is 0 Å². The molecule has 0 heterocycles. The lowest BCUT2D eigenvalue weighted by Crippen LogP contribution is -1.71. The first-order chi connectivity index (χ1) is 4.83. The van der Waals surface area contributed by atoms with Gasteiger partial charge in [-0.3, -0.25) is 0 Å². The normalized spacial score (nSPS) is 11.9. The van der Waals surface area contributed by atoms with Gasteiger partial charge in [0.25, 0.3) is 0 Å². The standard InChI is InChI=1S/C9H10/c1-3-9-6-4-8(2)5-7-9/h3-7H,1H2,2H3/i1D/b3-1+. The summed E-state index contributed by atoms with van der Waals surface area (Å²) >= 11 is 0. The molecule has 9 heavy (non-hydrogen) atoms. The maximum absolute atomic E-state index is 6.81. The average molecular weight is 119 g/mol. The third-order valence-corrected chi connectivity index (χ3v) is 1.27. The molecule has 0 N–H and O–H groups in total. The second kappa shape index (κ2) is 2.49. The van der Waals surface area contributed by atoms with Gasteiger partial charge in [-0.1, -0.05) is 42.5 Å². The molecule has 0 amide bonds. The zero-order chi connectivity index (χ0) is 7.40. The van der Waals surface area contributed by atoms with Crippen molar-refractivity contribution in [1.82, 2.24) is 0 Å². The van der Waals surface area contributed by atoms with Gasteiger partial charge in [-0.05, 0) is 12.5 Å². The second-order valence-electron chi connectivity index (χ2n) is 2.08. The Balaban J connectivity index is 2.89. The first kappa shape index (κ1) is 4.80. The lowest BCUT2D eigenvalue weighted by molar-refractivity contribution is 1.46. The van der Waals surface area contributed by atoms with Gasteiger partial charge in [0.15, 0.2) is 0 Å². The van der Waals surface area contributed by atoms with Gasteiger partial charge in [0.1, 0.15) is 0 Å². The number of aryl methyl sites for hydroxylation is 1. The van der Waals surface area contributed by atoms with E-state index < -0.39 is 0 Å². The SMILES string of the molecule is [2H]/C=C/c1ccc(C)cc1. The zero-order valence-electron chi connectivity index (χ0n) is 6.46. The molecule has 1 aromatic carbocycles. The molecule has 0 aliphatic heterocycles. The summed E-state index contributed by atoms with van der Waals surface area (Å²) in [6, 6.07) is 8.07. The first-order valence-corrected chi connectivity index (χ1v) is 2.94. The van der Waals surface area contributed by atoms with Gasteiger partial charge < -0.3 is 0 Å². The number of hydrogen-bond acceptors (Lipinski definition) is 0. The minimum absolute atomic E-state index is 1.08. The molecule has 0 fully saturated rings. The van der Waals surface area contributed by atoms with Gasteiger partial charge in [-0.2, -0.15) is 0 Å². The Labute approximate surface area is 57.2 Å². The maximum atomic E-state index is 6.81. The van der Waals surface area contributed by atoms with Gasteiger partial charge >= 0.3 is 0 Å². The predicted molar refractivity (Wildman–Crippen MR) is 41.3 cm³/mol. The van der Waals surface area contributed by atoms with Crippen LogP contribution in [0.3, 0.4) is 0 Å². The van der Waals surface area contributed by atoms with Gasteiger partial charge in [0, 0.05) is 0 Å². The van der Waals surface area contributed by atoms with Crippen molar-refractivity contribution in [3.05, 3.63) is 41.9 Å². The van der Waals surface area contributed by atoms with Crippen LogP contribution in [-0.4, -0.2) is 0 Å². The molecule has 1 aromatic rings. The number of benzene rings is 1. The summed E-state index contributed by atoms with van der Waals surface area (Å²) in [5.74, 6) is 0. The predicted octanol–water partition coefficient (Wildman–Crippen LogP) is 2.64. The van der Waals surface area contributed by atoms with E-state index in [0.717, 1.165) is 5.56 Å². The van der Waals surface area contributed by atoms with Crippen LogP contribution in [0.15, 0.2) is 30.8 Å². The third kappa shape index (κ3) is 1.43. The van der Waals surface area contributed by atoms with Crippen molar-refractivity contribution < 1.29 is 1.37 Å². The van der Waals surface area contributed by atoms with Gasteiger partial charge in [0.05, 0.1) is 1.37 Å². The van der Waals surface area contributed by atoms with Crippen molar-refractivity contribution in [2.75, 3.05) is 0 Å². The Kier molecular flexibility index (Phi) is 1.33. The molecule has 0 spiro atoms. The van der Waals surface area contributed by atoms with E-state index in [1.165, 1.54) is 12.1 Å². The molecule has 0 aliphatic carbocycles. The molecule has 0 saturated carbocycles. The van der Waals surface area contributed by atoms with Crippen LogP contribution in [0, 0.1) is 6.92 Å². The highest BCUT2D eigenvalue weighted by molar-refractivity contribution is 5.46. The third-order valence-electron chi connectivity index (χ3n) is 1.27. The van der Waals surface area contributed by atoms with E-state index >= 15 is 0 Å². The average Bonchev–Trinajstić information content (AvgIpc) is 1.95. The Bertz CT molecular complexity index is 221. The summed E-state index contributed by atoms with van der Waals surface area (Å²) in [5.41, 5.74) is 2.34. The van der Waals surface area contributed by atoms with Gasteiger partial charge in [0.2, 0.25) is 0 Å². The largest absolute Gasteiger partial charge is 0.0985 e. The lowest BCUT2D eigenvalue weighted by atomic mass is 10.2. The van der Waals surface area contributed by atoms with Crippen molar-refractivity contribution in [3.8, 4) is 0 Å². The molecular formula is C9H10. The molecule has 0 unspecified atom stereocenters. The van der Waals surface area contributed by atoms with E-state index in [9.17, 15) is 0 Å². The van der Waals surface area contributed by atoms with E-state index in [0.29, 0.717) is 0 Å². The fourth-order valence-corrected chi connectivity index (χ4v) is 0.678. The van der Waals surface area contributed by atoms with E-state index in [1.807, 2.05) is 31.2 Å². The van der Waals surface area contributed by atoms with E-state index in [4.69, 9.17) is 1.37 Å². The van der Waals surface area contributed by atoms with Crippen molar-refractivity contribution >= 4 is 6.08 Å². The smallest absolute Gasteiger partial charge is 0.0538 e. The minimum Gasteiger partial charge on any atom is -0.0985 e. The number of rotatable bonds is 1. The second-order valence-corrected chi connectivity index (χ2v) is 2.08. The molecule has 0 heteroatoms. The molecule has 0 nitrogen and oxygen atoms in total. The van der Waals surface area contributed by atoms with Crippen LogP contribution in [0.5, 0.6) is 0 Å². The minimum atomic E-state index is 1.08. The molecule has 0 bridgehead atoms. The first-order valence-electron chi connectivity index (χ1n) is 3.52. The Morgan fingerprint density at radius 2 is 2.11 bits per heavy atom. The molecule has 0 aromatic heterocycles. The summed E-state index contributed by atoms with van der Waals surface area (Å²) in [7, 11) is 0. The van der Waals surface area contributed by atoms with E-state index in [-0.39, 0.29) is 0 Å². The van der Waals surface area contributed by atoms with Crippen LogP contribution < -0.4 is 0 Å². The highest BCUT2D eigenvalue weighted by atomic mass is 13.9. The molecule has 0 saturated heterocycles. The lowest BCUT2D eigenvalue weighted by Gasteiger charge is -1.91. The molecule has 46 valence electrons. The highest BCUT2D eigenvalue weighted by Crippen LogP contribution is 2.02. The topological polar surface area (TPSA) is 0 Å². The highest BCUT2D eigenvalue weighted by Gasteiger charge is 1.82. The maximum Gasteiger partial charge on any atom is 0.0538 e. The Morgan fingerprint density at radius 1 is 1.44 bits per heavy atom. The zero-order valence-corrected chi connectivity index (χ0v) is 5.46. The van der Waals surface area contributed by atoms with E-state index in [1.54, 1.807) is 6.08 Å². The summed E-state index contributed by atoms with van der Waals surface area (Å²) in [5, 5.41) is 0. The van der Waals surface area contributed by atoms with Crippen molar-refractivity contribution in [3.63, 3.8) is 0 Å². The van der Waals surface area contributed by atoms with Crippen LogP contribution in [0.25, 0.3) is 6.08 Å². The van der Waals surface area contributed by atoms with Crippen molar-refractivity contribution in [2.24, 2.45) is 0 Å². The fourth-order valence-electron chi connectivity index (χ4n) is 0.678. The summed E-state index contributed by atoms with van der Waals surface area (Å²) in [6.45, 7) is 3.35. The van der Waals surface area contributed by atoms with Crippen molar-refractivity contribution in [1.29, 1.82) is 0 Å².